The van der Waals surface area contributed by atoms with Crippen molar-refractivity contribution in [2.75, 3.05) is 6.54 Å². The number of nitrogens with one attached hydrogen (secondary N) is 1. The van der Waals surface area contributed by atoms with Crippen LogP contribution >= 0.6 is 0 Å². The Bertz CT molecular complexity index is 597. The van der Waals surface area contributed by atoms with Gasteiger partial charge in [-0.3, -0.25) is 4.79 Å². The third kappa shape index (κ3) is 3.74. The average Bonchev–Trinajstić information content (AvgIpc) is 3.12. The van der Waals surface area contributed by atoms with E-state index in [4.69, 9.17) is 5.14 Å². The standard InChI is InChI=1S/C12H15FN2O3S/c13-11-4-3-9(19(14,17)18)7-10(11)12(16)15-6-5-8-1-2-8/h3-4,7-8H,1-2,5-6H2,(H,15,16)(H2,14,17,18). The zero-order valence-electron chi connectivity index (χ0n) is 10.2. The number of carbonyl (C=O) groups is 1. The monoisotopic (exact) mass is 286 g/mol. The summed E-state index contributed by atoms with van der Waals surface area (Å²) >= 11 is 0. The second-order valence-electron chi connectivity index (χ2n) is 4.67. The summed E-state index contributed by atoms with van der Waals surface area (Å²) in [5.41, 5.74) is -0.303. The maximum absolute atomic E-state index is 13.5. The molecule has 5 nitrogen and oxygen atoms in total. The number of sulfonamides is 1. The summed E-state index contributed by atoms with van der Waals surface area (Å²) in [6.07, 6.45) is 3.21. The van der Waals surface area contributed by atoms with E-state index in [-0.39, 0.29) is 10.5 Å². The van der Waals surface area contributed by atoms with Gasteiger partial charge in [0.2, 0.25) is 10.0 Å². The Labute approximate surface area is 111 Å². The Hall–Kier alpha value is -1.47. The van der Waals surface area contributed by atoms with Gasteiger partial charge >= 0.3 is 0 Å². The fourth-order valence-electron chi connectivity index (χ4n) is 1.75. The molecular weight excluding hydrogens is 271 g/mol. The van der Waals surface area contributed by atoms with Gasteiger partial charge in [0.25, 0.3) is 5.91 Å². The van der Waals surface area contributed by atoms with Gasteiger partial charge in [0.05, 0.1) is 10.5 Å². The van der Waals surface area contributed by atoms with E-state index >= 15 is 0 Å². The molecule has 0 unspecified atom stereocenters. The van der Waals surface area contributed by atoms with E-state index in [2.05, 4.69) is 5.32 Å². The molecule has 19 heavy (non-hydrogen) atoms. The van der Waals surface area contributed by atoms with Gasteiger partial charge in [-0.2, -0.15) is 0 Å². The number of halogens is 1. The molecule has 1 aromatic rings. The van der Waals surface area contributed by atoms with Gasteiger partial charge in [-0.25, -0.2) is 17.9 Å². The molecule has 1 aliphatic carbocycles. The zero-order chi connectivity index (χ0) is 14.0. The Morgan fingerprint density at radius 1 is 1.42 bits per heavy atom. The number of hydrogen-bond acceptors (Lipinski definition) is 3. The number of carbonyl (C=O) groups excluding carboxylic acids is 1. The molecule has 104 valence electrons. The lowest BCUT2D eigenvalue weighted by Crippen LogP contribution is -2.26. The van der Waals surface area contributed by atoms with Crippen molar-refractivity contribution in [3.63, 3.8) is 0 Å². The van der Waals surface area contributed by atoms with Crippen LogP contribution in [-0.2, 0) is 10.0 Å². The van der Waals surface area contributed by atoms with E-state index in [1.54, 1.807) is 0 Å². The highest BCUT2D eigenvalue weighted by molar-refractivity contribution is 7.89. The SMILES string of the molecule is NS(=O)(=O)c1ccc(F)c(C(=O)NCCC2CC2)c1. The van der Waals surface area contributed by atoms with Crippen LogP contribution in [0.1, 0.15) is 29.6 Å². The summed E-state index contributed by atoms with van der Waals surface area (Å²) in [6, 6.07) is 2.91. The van der Waals surface area contributed by atoms with Crippen LogP contribution in [0.15, 0.2) is 23.1 Å². The number of hydrogen-bond donors (Lipinski definition) is 2. The minimum Gasteiger partial charge on any atom is -0.352 e. The molecule has 0 saturated heterocycles. The number of benzene rings is 1. The topological polar surface area (TPSA) is 89.3 Å². The van der Waals surface area contributed by atoms with Crippen LogP contribution in [-0.4, -0.2) is 20.9 Å². The molecule has 1 saturated carbocycles. The Morgan fingerprint density at radius 3 is 2.68 bits per heavy atom. The highest BCUT2D eigenvalue weighted by atomic mass is 32.2. The van der Waals surface area contributed by atoms with Crippen molar-refractivity contribution in [2.24, 2.45) is 11.1 Å². The minimum absolute atomic E-state index is 0.277. The summed E-state index contributed by atoms with van der Waals surface area (Å²) in [5.74, 6) is -0.735. The number of primary sulfonamides is 1. The van der Waals surface area contributed by atoms with Crippen LogP contribution in [0.25, 0.3) is 0 Å². The van der Waals surface area contributed by atoms with Crippen molar-refractivity contribution in [3.05, 3.63) is 29.6 Å². The Kier molecular flexibility index (Phi) is 3.86. The number of nitrogens with two attached hydrogens (primary N) is 1. The largest absolute Gasteiger partial charge is 0.352 e. The molecule has 0 aromatic heterocycles. The van der Waals surface area contributed by atoms with Gasteiger partial charge < -0.3 is 5.32 Å². The fraction of sp³-hybridized carbons (Fsp3) is 0.417. The Balaban J connectivity index is 2.10. The molecule has 1 fully saturated rings. The third-order valence-corrected chi connectivity index (χ3v) is 3.96. The predicted octanol–water partition coefficient (Wildman–Crippen LogP) is 1.00. The van der Waals surface area contributed by atoms with Crippen LogP contribution in [0.5, 0.6) is 0 Å². The highest BCUT2D eigenvalue weighted by Crippen LogP contribution is 2.31. The molecule has 7 heteroatoms. The van der Waals surface area contributed by atoms with Crippen molar-refractivity contribution in [2.45, 2.75) is 24.2 Å². The maximum Gasteiger partial charge on any atom is 0.254 e. The van der Waals surface area contributed by atoms with E-state index in [1.165, 1.54) is 12.8 Å². The van der Waals surface area contributed by atoms with Crippen LogP contribution in [0.4, 0.5) is 4.39 Å². The molecule has 1 aromatic carbocycles. The van der Waals surface area contributed by atoms with E-state index < -0.39 is 21.7 Å². The summed E-state index contributed by atoms with van der Waals surface area (Å²) in [7, 11) is -3.95. The van der Waals surface area contributed by atoms with Crippen molar-refractivity contribution in [3.8, 4) is 0 Å². The molecule has 0 bridgehead atoms. The highest BCUT2D eigenvalue weighted by Gasteiger charge is 2.21. The van der Waals surface area contributed by atoms with Gasteiger partial charge in [-0.05, 0) is 30.5 Å². The first-order valence-electron chi connectivity index (χ1n) is 5.98. The van der Waals surface area contributed by atoms with Crippen LogP contribution in [0.2, 0.25) is 0 Å². The summed E-state index contributed by atoms with van der Waals surface area (Å²) in [5, 5.41) is 7.52. The average molecular weight is 286 g/mol. The van der Waals surface area contributed by atoms with Crippen LogP contribution < -0.4 is 10.5 Å². The van der Waals surface area contributed by atoms with E-state index in [0.29, 0.717) is 12.5 Å². The molecule has 0 aliphatic heterocycles. The first-order chi connectivity index (χ1) is 8.88. The molecule has 3 N–H and O–H groups in total. The van der Waals surface area contributed by atoms with E-state index in [0.717, 1.165) is 24.6 Å². The molecule has 0 atom stereocenters. The lowest BCUT2D eigenvalue weighted by atomic mass is 10.2. The third-order valence-electron chi connectivity index (χ3n) is 3.05. The minimum atomic E-state index is -3.95. The molecule has 0 spiro atoms. The van der Waals surface area contributed by atoms with Gasteiger partial charge in [-0.1, -0.05) is 12.8 Å². The van der Waals surface area contributed by atoms with Crippen LogP contribution in [0.3, 0.4) is 0 Å². The van der Waals surface area contributed by atoms with Gasteiger partial charge in [0.1, 0.15) is 5.82 Å². The van der Waals surface area contributed by atoms with E-state index in [1.807, 2.05) is 0 Å². The zero-order valence-corrected chi connectivity index (χ0v) is 11.0. The fourth-order valence-corrected chi connectivity index (χ4v) is 2.29. The maximum atomic E-state index is 13.5. The number of amides is 1. The predicted molar refractivity (Wildman–Crippen MR) is 67.4 cm³/mol. The van der Waals surface area contributed by atoms with Crippen molar-refractivity contribution in [1.29, 1.82) is 0 Å². The van der Waals surface area contributed by atoms with E-state index in [9.17, 15) is 17.6 Å². The second kappa shape index (κ2) is 5.26. The second-order valence-corrected chi connectivity index (χ2v) is 6.24. The quantitative estimate of drug-likeness (QED) is 0.846. The molecule has 0 radical (unpaired) electrons. The lowest BCUT2D eigenvalue weighted by molar-refractivity contribution is 0.0948. The van der Waals surface area contributed by atoms with Crippen molar-refractivity contribution < 1.29 is 17.6 Å². The first kappa shape index (κ1) is 14.0. The molecule has 1 aliphatic rings. The number of rotatable bonds is 5. The van der Waals surface area contributed by atoms with Crippen molar-refractivity contribution in [1.82, 2.24) is 5.32 Å². The van der Waals surface area contributed by atoms with Crippen LogP contribution in [0, 0.1) is 11.7 Å². The molecule has 2 rings (SSSR count). The Morgan fingerprint density at radius 2 is 2.11 bits per heavy atom. The normalized spacial score (nSPS) is 15.3. The molecule has 1 amide bonds. The van der Waals surface area contributed by atoms with Gasteiger partial charge in [-0.15, -0.1) is 0 Å². The smallest absolute Gasteiger partial charge is 0.254 e. The lowest BCUT2D eigenvalue weighted by Gasteiger charge is -2.07. The van der Waals surface area contributed by atoms with Gasteiger partial charge in [0, 0.05) is 6.54 Å². The van der Waals surface area contributed by atoms with Gasteiger partial charge in [0.15, 0.2) is 0 Å². The molecule has 0 heterocycles. The first-order valence-corrected chi connectivity index (χ1v) is 7.53. The summed E-state index contributed by atoms with van der Waals surface area (Å²) < 4.78 is 35.8. The van der Waals surface area contributed by atoms with Crippen molar-refractivity contribution >= 4 is 15.9 Å². The summed E-state index contributed by atoms with van der Waals surface area (Å²) in [4.78, 5) is 11.5. The molecular formula is C12H15FN2O3S. The summed E-state index contributed by atoms with van der Waals surface area (Å²) in [6.45, 7) is 0.461.